The summed E-state index contributed by atoms with van der Waals surface area (Å²) in [6.07, 6.45) is 2.93. The summed E-state index contributed by atoms with van der Waals surface area (Å²) in [5.41, 5.74) is 1.31. The molecule has 2 rings (SSSR count). The molecular weight excluding hydrogens is 224 g/mol. The van der Waals surface area contributed by atoms with Gasteiger partial charge in [0, 0.05) is 25.6 Å². The molecule has 1 aromatic rings. The lowest BCUT2D eigenvalue weighted by Crippen LogP contribution is -2.31. The Labute approximate surface area is 109 Å². The molecule has 1 N–H and O–H groups in total. The number of carbonyl (C=O) groups excluding carboxylic acids is 1. The molecule has 0 aromatic heterocycles. The summed E-state index contributed by atoms with van der Waals surface area (Å²) in [6.45, 7) is 4.88. The first kappa shape index (κ1) is 13.1. The van der Waals surface area contributed by atoms with Gasteiger partial charge in [0.05, 0.1) is 0 Å². The lowest BCUT2D eigenvalue weighted by atomic mass is 10.2. The maximum absolute atomic E-state index is 11.6. The van der Waals surface area contributed by atoms with Crippen molar-refractivity contribution in [1.29, 1.82) is 0 Å². The van der Waals surface area contributed by atoms with Gasteiger partial charge >= 0.3 is 0 Å². The van der Waals surface area contributed by atoms with E-state index < -0.39 is 0 Å². The molecule has 98 valence electrons. The van der Waals surface area contributed by atoms with Crippen molar-refractivity contribution in [3.63, 3.8) is 0 Å². The lowest BCUT2D eigenvalue weighted by Gasteiger charge is -2.20. The quantitative estimate of drug-likeness (QED) is 0.799. The molecule has 3 heteroatoms. The minimum absolute atomic E-state index is 0.198. The first-order chi connectivity index (χ1) is 8.78. The van der Waals surface area contributed by atoms with Crippen LogP contribution in [0.25, 0.3) is 0 Å². The van der Waals surface area contributed by atoms with Crippen molar-refractivity contribution < 1.29 is 4.79 Å². The van der Waals surface area contributed by atoms with E-state index in [-0.39, 0.29) is 5.91 Å². The van der Waals surface area contributed by atoms with Crippen molar-refractivity contribution >= 4 is 5.91 Å². The number of benzene rings is 1. The van der Waals surface area contributed by atoms with Crippen LogP contribution in [0.15, 0.2) is 30.3 Å². The highest BCUT2D eigenvalue weighted by molar-refractivity contribution is 5.76. The largest absolute Gasteiger partial charge is 0.353 e. The standard InChI is InChI=1S/C15H22N2O/c1-2-17(12-13-6-4-3-5-7-13)11-10-15(18)16-14-8-9-14/h3-7,14H,2,8-12H2,1H3,(H,16,18). The third kappa shape index (κ3) is 4.49. The fourth-order valence-corrected chi connectivity index (χ4v) is 1.98. The molecule has 0 radical (unpaired) electrons. The third-order valence-electron chi connectivity index (χ3n) is 3.29. The van der Waals surface area contributed by atoms with Gasteiger partial charge in [-0.25, -0.2) is 0 Å². The van der Waals surface area contributed by atoms with E-state index >= 15 is 0 Å². The molecule has 1 amide bonds. The summed E-state index contributed by atoms with van der Waals surface area (Å²) < 4.78 is 0. The number of rotatable bonds is 7. The summed E-state index contributed by atoms with van der Waals surface area (Å²) in [5.74, 6) is 0.198. The van der Waals surface area contributed by atoms with E-state index in [1.807, 2.05) is 6.07 Å². The number of amides is 1. The van der Waals surface area contributed by atoms with E-state index in [9.17, 15) is 4.79 Å². The van der Waals surface area contributed by atoms with Gasteiger partial charge in [0.2, 0.25) is 5.91 Å². The van der Waals surface area contributed by atoms with Crippen LogP contribution >= 0.6 is 0 Å². The molecule has 0 saturated heterocycles. The zero-order valence-corrected chi connectivity index (χ0v) is 11.1. The second kappa shape index (κ2) is 6.55. The fourth-order valence-electron chi connectivity index (χ4n) is 1.98. The topological polar surface area (TPSA) is 32.3 Å². The predicted octanol–water partition coefficient (Wildman–Crippen LogP) is 2.18. The van der Waals surface area contributed by atoms with Gasteiger partial charge in [-0.05, 0) is 24.9 Å². The highest BCUT2D eigenvalue weighted by atomic mass is 16.1. The lowest BCUT2D eigenvalue weighted by molar-refractivity contribution is -0.121. The van der Waals surface area contributed by atoms with Crippen LogP contribution in [0.3, 0.4) is 0 Å². The number of nitrogens with one attached hydrogen (secondary N) is 1. The minimum atomic E-state index is 0.198. The molecule has 0 heterocycles. The molecule has 1 aromatic carbocycles. The summed E-state index contributed by atoms with van der Waals surface area (Å²) in [5, 5.41) is 3.03. The normalized spacial score (nSPS) is 14.8. The Hall–Kier alpha value is -1.35. The molecule has 0 atom stereocenters. The molecule has 3 nitrogen and oxygen atoms in total. The van der Waals surface area contributed by atoms with Gasteiger partial charge < -0.3 is 5.32 Å². The van der Waals surface area contributed by atoms with Crippen molar-refractivity contribution in [3.8, 4) is 0 Å². The maximum Gasteiger partial charge on any atom is 0.221 e. The van der Waals surface area contributed by atoms with Crippen LogP contribution in [0.4, 0.5) is 0 Å². The first-order valence-electron chi connectivity index (χ1n) is 6.83. The molecule has 0 bridgehead atoms. The van der Waals surface area contributed by atoms with Gasteiger partial charge in [-0.2, -0.15) is 0 Å². The van der Waals surface area contributed by atoms with Crippen molar-refractivity contribution in [2.75, 3.05) is 13.1 Å². The Balaban J connectivity index is 1.72. The zero-order chi connectivity index (χ0) is 12.8. The molecular formula is C15H22N2O. The van der Waals surface area contributed by atoms with Crippen molar-refractivity contribution in [2.24, 2.45) is 0 Å². The molecule has 18 heavy (non-hydrogen) atoms. The van der Waals surface area contributed by atoms with E-state index in [0.717, 1.165) is 32.5 Å². The van der Waals surface area contributed by atoms with Crippen molar-refractivity contribution in [1.82, 2.24) is 10.2 Å². The van der Waals surface area contributed by atoms with Crippen LogP contribution in [-0.4, -0.2) is 29.9 Å². The van der Waals surface area contributed by atoms with Gasteiger partial charge in [-0.1, -0.05) is 37.3 Å². The second-order valence-corrected chi connectivity index (χ2v) is 4.95. The van der Waals surface area contributed by atoms with Crippen LogP contribution in [0, 0.1) is 0 Å². The summed E-state index contributed by atoms with van der Waals surface area (Å²) in [7, 11) is 0. The molecule has 0 unspecified atom stereocenters. The Bertz CT molecular complexity index is 373. The highest BCUT2D eigenvalue weighted by Gasteiger charge is 2.23. The average molecular weight is 246 g/mol. The average Bonchev–Trinajstić information content (AvgIpc) is 3.19. The third-order valence-corrected chi connectivity index (χ3v) is 3.29. The van der Waals surface area contributed by atoms with E-state index in [1.54, 1.807) is 0 Å². The van der Waals surface area contributed by atoms with Crippen LogP contribution in [0.1, 0.15) is 31.7 Å². The van der Waals surface area contributed by atoms with Gasteiger partial charge in [-0.3, -0.25) is 9.69 Å². The van der Waals surface area contributed by atoms with E-state index in [1.165, 1.54) is 5.56 Å². The fraction of sp³-hybridized carbons (Fsp3) is 0.533. The Morgan fingerprint density at radius 3 is 2.67 bits per heavy atom. The Kier molecular flexibility index (Phi) is 4.76. The SMILES string of the molecule is CCN(CCC(=O)NC1CC1)Cc1ccccc1. The number of nitrogens with zero attached hydrogens (tertiary/aromatic N) is 1. The van der Waals surface area contributed by atoms with Crippen molar-refractivity contribution in [2.45, 2.75) is 38.8 Å². The zero-order valence-electron chi connectivity index (χ0n) is 11.1. The summed E-state index contributed by atoms with van der Waals surface area (Å²) in [6, 6.07) is 10.9. The monoisotopic (exact) mass is 246 g/mol. The van der Waals surface area contributed by atoms with E-state index in [2.05, 4.69) is 41.4 Å². The van der Waals surface area contributed by atoms with Gasteiger partial charge in [0.25, 0.3) is 0 Å². The summed E-state index contributed by atoms with van der Waals surface area (Å²) in [4.78, 5) is 13.9. The molecule has 1 fully saturated rings. The number of hydrogen-bond acceptors (Lipinski definition) is 2. The minimum Gasteiger partial charge on any atom is -0.353 e. The van der Waals surface area contributed by atoms with Crippen LogP contribution < -0.4 is 5.32 Å². The van der Waals surface area contributed by atoms with Gasteiger partial charge in [-0.15, -0.1) is 0 Å². The first-order valence-corrected chi connectivity index (χ1v) is 6.83. The van der Waals surface area contributed by atoms with E-state index in [0.29, 0.717) is 12.5 Å². The van der Waals surface area contributed by atoms with Gasteiger partial charge in [0.15, 0.2) is 0 Å². The number of hydrogen-bond donors (Lipinski definition) is 1. The molecule has 1 saturated carbocycles. The van der Waals surface area contributed by atoms with E-state index in [4.69, 9.17) is 0 Å². The van der Waals surface area contributed by atoms with Crippen molar-refractivity contribution in [3.05, 3.63) is 35.9 Å². The Morgan fingerprint density at radius 2 is 2.06 bits per heavy atom. The maximum atomic E-state index is 11.6. The number of carbonyl (C=O) groups is 1. The van der Waals surface area contributed by atoms with Crippen LogP contribution in [0.2, 0.25) is 0 Å². The predicted molar refractivity (Wildman–Crippen MR) is 73.2 cm³/mol. The highest BCUT2D eigenvalue weighted by Crippen LogP contribution is 2.18. The molecule has 1 aliphatic carbocycles. The van der Waals surface area contributed by atoms with Crippen LogP contribution in [0.5, 0.6) is 0 Å². The second-order valence-electron chi connectivity index (χ2n) is 4.95. The van der Waals surface area contributed by atoms with Crippen LogP contribution in [-0.2, 0) is 11.3 Å². The smallest absolute Gasteiger partial charge is 0.221 e. The molecule has 1 aliphatic rings. The molecule has 0 spiro atoms. The Morgan fingerprint density at radius 1 is 1.33 bits per heavy atom. The van der Waals surface area contributed by atoms with Gasteiger partial charge in [0.1, 0.15) is 0 Å². The molecule has 0 aliphatic heterocycles. The summed E-state index contributed by atoms with van der Waals surface area (Å²) >= 11 is 0.